The van der Waals surface area contributed by atoms with Gasteiger partial charge >= 0.3 is 6.03 Å². The molecule has 0 bridgehead atoms. The molecule has 1 aromatic carbocycles. The lowest BCUT2D eigenvalue weighted by molar-refractivity contribution is -0.0806. The van der Waals surface area contributed by atoms with Crippen molar-refractivity contribution in [3.63, 3.8) is 0 Å². The second kappa shape index (κ2) is 8.09. The molecule has 31 heavy (non-hydrogen) atoms. The lowest BCUT2D eigenvalue weighted by Gasteiger charge is -2.40. The molecule has 0 radical (unpaired) electrons. The summed E-state index contributed by atoms with van der Waals surface area (Å²) in [5, 5.41) is 3.25. The van der Waals surface area contributed by atoms with E-state index in [4.69, 9.17) is 9.72 Å². The van der Waals surface area contributed by atoms with Crippen LogP contribution in [0.2, 0.25) is 0 Å². The Hall–Kier alpha value is -2.13. The third-order valence-corrected chi connectivity index (χ3v) is 8.78. The minimum Gasteiger partial charge on any atom is -0.370 e. The highest BCUT2D eigenvalue weighted by atomic mass is 32.2. The van der Waals surface area contributed by atoms with Gasteiger partial charge in [0.15, 0.2) is 9.84 Å². The molecule has 9 heteroatoms. The zero-order valence-corrected chi connectivity index (χ0v) is 18.5. The number of imidazole rings is 1. The smallest absolute Gasteiger partial charge is 0.318 e. The topological polar surface area (TPSA) is 104 Å². The molecule has 2 saturated heterocycles. The Balaban J connectivity index is 1.36. The van der Waals surface area contributed by atoms with Crippen molar-refractivity contribution in [3.05, 3.63) is 30.1 Å². The van der Waals surface area contributed by atoms with Crippen molar-refractivity contribution in [3.8, 4) is 0 Å². The SMILES string of the molecule is O=C(NC(c1nc2ccccc2[nH]1)C1CCCCC1)N1CCOC2(CCS(=O)(=O)C2)C1. The van der Waals surface area contributed by atoms with E-state index in [0.29, 0.717) is 32.0 Å². The Morgan fingerprint density at radius 3 is 2.81 bits per heavy atom. The zero-order chi connectivity index (χ0) is 21.5. The van der Waals surface area contributed by atoms with Gasteiger partial charge in [-0.15, -0.1) is 0 Å². The first-order chi connectivity index (χ1) is 14.9. The number of morpholine rings is 1. The van der Waals surface area contributed by atoms with Gasteiger partial charge in [-0.05, 0) is 37.3 Å². The molecule has 1 aliphatic carbocycles. The summed E-state index contributed by atoms with van der Waals surface area (Å²) >= 11 is 0. The van der Waals surface area contributed by atoms with Gasteiger partial charge in [0.05, 0.1) is 41.7 Å². The molecule has 1 spiro atoms. The summed E-state index contributed by atoms with van der Waals surface area (Å²) in [7, 11) is -3.10. The first-order valence-corrected chi connectivity index (χ1v) is 13.1. The molecule has 2 atom stereocenters. The molecule has 3 heterocycles. The number of H-pyrrole nitrogens is 1. The second-order valence-electron chi connectivity index (χ2n) is 9.26. The summed E-state index contributed by atoms with van der Waals surface area (Å²) in [6.07, 6.45) is 6.14. The minimum atomic E-state index is -3.10. The number of para-hydroxylation sites is 2. The van der Waals surface area contributed by atoms with Crippen LogP contribution in [0.15, 0.2) is 24.3 Å². The molecule has 2 aromatic rings. The van der Waals surface area contributed by atoms with E-state index in [1.165, 1.54) is 6.42 Å². The first kappa shape index (κ1) is 20.8. The van der Waals surface area contributed by atoms with E-state index in [1.54, 1.807) is 4.90 Å². The van der Waals surface area contributed by atoms with Gasteiger partial charge in [-0.1, -0.05) is 31.4 Å². The van der Waals surface area contributed by atoms with Crippen LogP contribution in [-0.2, 0) is 14.6 Å². The third-order valence-electron chi connectivity index (χ3n) is 6.99. The molecular formula is C22H30N4O4S. The number of amides is 2. The van der Waals surface area contributed by atoms with Crippen LogP contribution in [0.1, 0.15) is 50.4 Å². The number of hydrogen-bond acceptors (Lipinski definition) is 5. The minimum absolute atomic E-state index is 0.000588. The summed E-state index contributed by atoms with van der Waals surface area (Å²) in [6.45, 7) is 1.14. The number of aromatic amines is 1. The Morgan fingerprint density at radius 2 is 2.06 bits per heavy atom. The number of aromatic nitrogens is 2. The predicted octanol–water partition coefficient (Wildman–Crippen LogP) is 2.78. The van der Waals surface area contributed by atoms with E-state index in [1.807, 2.05) is 24.3 Å². The normalized spacial score (nSPS) is 27.5. The second-order valence-corrected chi connectivity index (χ2v) is 11.4. The van der Waals surface area contributed by atoms with Crippen molar-refractivity contribution in [2.75, 3.05) is 31.2 Å². The van der Waals surface area contributed by atoms with E-state index in [0.717, 1.165) is 42.5 Å². The fourth-order valence-electron chi connectivity index (χ4n) is 5.36. The molecule has 8 nitrogen and oxygen atoms in total. The highest BCUT2D eigenvalue weighted by Crippen LogP contribution is 2.35. The molecule has 5 rings (SSSR count). The number of fused-ring (bicyclic) bond motifs is 1. The van der Waals surface area contributed by atoms with E-state index in [2.05, 4.69) is 10.3 Å². The lowest BCUT2D eigenvalue weighted by Crippen LogP contribution is -2.57. The van der Waals surface area contributed by atoms with E-state index >= 15 is 0 Å². The maximum atomic E-state index is 13.3. The highest BCUT2D eigenvalue weighted by molar-refractivity contribution is 7.91. The van der Waals surface area contributed by atoms with Gasteiger partial charge in [-0.3, -0.25) is 0 Å². The van der Waals surface area contributed by atoms with Crippen LogP contribution >= 0.6 is 0 Å². The summed E-state index contributed by atoms with van der Waals surface area (Å²) in [5.41, 5.74) is 1.11. The van der Waals surface area contributed by atoms with Gasteiger partial charge < -0.3 is 19.9 Å². The number of hydrogen-bond donors (Lipinski definition) is 2. The maximum Gasteiger partial charge on any atom is 0.318 e. The lowest BCUT2D eigenvalue weighted by atomic mass is 9.83. The average molecular weight is 447 g/mol. The number of nitrogens with zero attached hydrogens (tertiary/aromatic N) is 2. The van der Waals surface area contributed by atoms with E-state index < -0.39 is 15.4 Å². The molecule has 3 aliphatic rings. The number of rotatable bonds is 3. The van der Waals surface area contributed by atoms with Gasteiger partial charge in [-0.2, -0.15) is 0 Å². The maximum absolute atomic E-state index is 13.3. The molecule has 1 saturated carbocycles. The van der Waals surface area contributed by atoms with Crippen LogP contribution in [-0.4, -0.2) is 66.1 Å². The first-order valence-electron chi connectivity index (χ1n) is 11.3. The number of urea groups is 1. The highest BCUT2D eigenvalue weighted by Gasteiger charge is 2.47. The largest absolute Gasteiger partial charge is 0.370 e. The number of nitrogens with one attached hydrogen (secondary N) is 2. The van der Waals surface area contributed by atoms with Crippen molar-refractivity contribution in [1.82, 2.24) is 20.2 Å². The number of ether oxygens (including phenoxy) is 1. The predicted molar refractivity (Wildman–Crippen MR) is 117 cm³/mol. The van der Waals surface area contributed by atoms with Crippen molar-refractivity contribution < 1.29 is 17.9 Å². The van der Waals surface area contributed by atoms with Crippen LogP contribution in [0.3, 0.4) is 0 Å². The van der Waals surface area contributed by atoms with Gasteiger partial charge in [0.25, 0.3) is 0 Å². The zero-order valence-electron chi connectivity index (χ0n) is 17.7. The molecule has 2 N–H and O–H groups in total. The number of carbonyl (C=O) groups excluding carboxylic acids is 1. The summed E-state index contributed by atoms with van der Waals surface area (Å²) in [4.78, 5) is 23.2. The van der Waals surface area contributed by atoms with Crippen molar-refractivity contribution in [2.24, 2.45) is 5.92 Å². The summed E-state index contributed by atoms with van der Waals surface area (Å²) < 4.78 is 29.9. The third kappa shape index (κ3) is 4.30. The van der Waals surface area contributed by atoms with Crippen molar-refractivity contribution in [2.45, 2.75) is 50.2 Å². The van der Waals surface area contributed by atoms with Crippen LogP contribution in [0, 0.1) is 5.92 Å². The molecule has 3 fully saturated rings. The summed E-state index contributed by atoms with van der Waals surface area (Å²) in [6, 6.07) is 7.55. The van der Waals surface area contributed by atoms with Crippen LogP contribution in [0.25, 0.3) is 11.0 Å². The van der Waals surface area contributed by atoms with Crippen LogP contribution < -0.4 is 5.32 Å². The number of benzene rings is 1. The Kier molecular flexibility index (Phi) is 5.42. The summed E-state index contributed by atoms with van der Waals surface area (Å²) in [5.74, 6) is 1.26. The monoisotopic (exact) mass is 446 g/mol. The molecule has 1 aromatic heterocycles. The Labute approximate surface area is 182 Å². The van der Waals surface area contributed by atoms with Crippen molar-refractivity contribution in [1.29, 1.82) is 0 Å². The molecular weight excluding hydrogens is 416 g/mol. The fourth-order valence-corrected chi connectivity index (χ4v) is 7.31. The van der Waals surface area contributed by atoms with Gasteiger partial charge in [0.2, 0.25) is 0 Å². The Morgan fingerprint density at radius 1 is 1.26 bits per heavy atom. The molecule has 2 unspecified atom stereocenters. The standard InChI is InChI=1S/C22H30N4O4S/c27-21(26-11-12-30-22(14-26)10-13-31(28,29)15-22)25-19(16-6-2-1-3-7-16)20-23-17-8-4-5-9-18(17)24-20/h4-5,8-9,16,19H,1-3,6-7,10-15H2,(H,23,24)(H,25,27). The quantitative estimate of drug-likeness (QED) is 0.754. The molecule has 2 aliphatic heterocycles. The number of carbonyl (C=O) groups is 1. The number of sulfone groups is 1. The van der Waals surface area contributed by atoms with Gasteiger partial charge in [0, 0.05) is 6.54 Å². The molecule has 168 valence electrons. The average Bonchev–Trinajstić information content (AvgIpc) is 3.32. The van der Waals surface area contributed by atoms with Crippen LogP contribution in [0.5, 0.6) is 0 Å². The fraction of sp³-hybridized carbons (Fsp3) is 0.636. The van der Waals surface area contributed by atoms with E-state index in [9.17, 15) is 13.2 Å². The van der Waals surface area contributed by atoms with Crippen LogP contribution in [0.4, 0.5) is 4.79 Å². The Bertz CT molecular complexity index is 1030. The van der Waals surface area contributed by atoms with Gasteiger partial charge in [-0.25, -0.2) is 18.2 Å². The van der Waals surface area contributed by atoms with Crippen molar-refractivity contribution >= 4 is 26.9 Å². The van der Waals surface area contributed by atoms with E-state index in [-0.39, 0.29) is 23.6 Å². The molecule has 2 amide bonds. The van der Waals surface area contributed by atoms with Gasteiger partial charge in [0.1, 0.15) is 11.4 Å².